The van der Waals surface area contributed by atoms with Gasteiger partial charge in [-0.05, 0) is 40.5 Å². The SMILES string of the molecule is Cc1cc(F)nc2c1NC(=O)c1cc(Br)cnc1N2C. The number of halogens is 2. The molecule has 1 aliphatic heterocycles. The van der Waals surface area contributed by atoms with Crippen molar-refractivity contribution in [2.45, 2.75) is 6.92 Å². The Morgan fingerprint density at radius 3 is 2.85 bits per heavy atom. The van der Waals surface area contributed by atoms with Crippen LogP contribution >= 0.6 is 15.9 Å². The predicted octanol–water partition coefficient (Wildman–Crippen LogP) is 3.02. The van der Waals surface area contributed by atoms with E-state index in [1.54, 1.807) is 31.1 Å². The number of amides is 1. The Labute approximate surface area is 123 Å². The molecule has 2 aromatic heterocycles. The van der Waals surface area contributed by atoms with Crippen molar-refractivity contribution >= 4 is 39.2 Å². The summed E-state index contributed by atoms with van der Waals surface area (Å²) in [5.41, 5.74) is 1.51. The third kappa shape index (κ3) is 1.94. The second-order valence-corrected chi connectivity index (χ2v) is 5.41. The van der Waals surface area contributed by atoms with Crippen LogP contribution in [0.1, 0.15) is 15.9 Å². The molecule has 0 atom stereocenters. The number of pyridine rings is 2. The first-order chi connectivity index (χ1) is 9.47. The number of nitrogens with zero attached hydrogens (tertiary/aromatic N) is 3. The quantitative estimate of drug-likeness (QED) is 0.751. The maximum Gasteiger partial charge on any atom is 0.259 e. The van der Waals surface area contributed by atoms with E-state index in [-0.39, 0.29) is 5.91 Å². The maximum atomic E-state index is 13.5. The van der Waals surface area contributed by atoms with Gasteiger partial charge in [-0.2, -0.15) is 9.37 Å². The molecule has 1 aliphatic rings. The molecule has 0 bridgehead atoms. The topological polar surface area (TPSA) is 58.1 Å². The van der Waals surface area contributed by atoms with Gasteiger partial charge in [0.15, 0.2) is 5.82 Å². The number of rotatable bonds is 0. The Morgan fingerprint density at radius 2 is 2.10 bits per heavy atom. The lowest BCUT2D eigenvalue weighted by Crippen LogP contribution is -2.15. The lowest BCUT2D eigenvalue weighted by atomic mass is 10.2. The first-order valence-corrected chi connectivity index (χ1v) is 6.64. The average Bonchev–Trinajstić information content (AvgIpc) is 2.49. The van der Waals surface area contributed by atoms with Crippen molar-refractivity contribution in [1.29, 1.82) is 0 Å². The predicted molar refractivity (Wildman–Crippen MR) is 76.9 cm³/mol. The van der Waals surface area contributed by atoms with Crippen molar-refractivity contribution < 1.29 is 9.18 Å². The largest absolute Gasteiger partial charge is 0.318 e. The lowest BCUT2D eigenvalue weighted by molar-refractivity contribution is 0.102. The third-order valence-electron chi connectivity index (χ3n) is 3.12. The van der Waals surface area contributed by atoms with E-state index in [0.717, 1.165) is 0 Å². The normalized spacial score (nSPS) is 13.4. The minimum Gasteiger partial charge on any atom is -0.318 e. The summed E-state index contributed by atoms with van der Waals surface area (Å²) in [6.07, 6.45) is 1.58. The summed E-state index contributed by atoms with van der Waals surface area (Å²) in [5.74, 6) is -0.120. The molecule has 7 heteroatoms. The Balaban J connectivity index is 2.28. The molecule has 0 unspecified atom stereocenters. The average molecular weight is 337 g/mol. The molecule has 3 rings (SSSR count). The lowest BCUT2D eigenvalue weighted by Gasteiger charge is -2.19. The van der Waals surface area contributed by atoms with Crippen LogP contribution in [0.5, 0.6) is 0 Å². The molecule has 0 fully saturated rings. The van der Waals surface area contributed by atoms with Gasteiger partial charge in [0.05, 0.1) is 11.3 Å². The van der Waals surface area contributed by atoms with Gasteiger partial charge in [-0.1, -0.05) is 0 Å². The molecule has 20 heavy (non-hydrogen) atoms. The van der Waals surface area contributed by atoms with Crippen LogP contribution in [0.15, 0.2) is 22.8 Å². The number of hydrogen-bond acceptors (Lipinski definition) is 4. The molecule has 1 amide bonds. The van der Waals surface area contributed by atoms with Crippen molar-refractivity contribution in [2.24, 2.45) is 0 Å². The minimum atomic E-state index is -0.595. The van der Waals surface area contributed by atoms with Crippen LogP contribution in [0.4, 0.5) is 21.7 Å². The molecule has 1 N–H and O–H groups in total. The summed E-state index contributed by atoms with van der Waals surface area (Å²) in [6, 6.07) is 2.96. The molecular formula is C13H10BrFN4O. The van der Waals surface area contributed by atoms with Crippen LogP contribution in [0.2, 0.25) is 0 Å². The molecule has 102 valence electrons. The van der Waals surface area contributed by atoms with Gasteiger partial charge < -0.3 is 10.2 Å². The van der Waals surface area contributed by atoms with Gasteiger partial charge in [0, 0.05) is 17.7 Å². The zero-order chi connectivity index (χ0) is 14.4. The van der Waals surface area contributed by atoms with Crippen molar-refractivity contribution in [1.82, 2.24) is 9.97 Å². The molecule has 0 aromatic carbocycles. The molecule has 5 nitrogen and oxygen atoms in total. The fraction of sp³-hybridized carbons (Fsp3) is 0.154. The Morgan fingerprint density at radius 1 is 1.35 bits per heavy atom. The van der Waals surface area contributed by atoms with E-state index < -0.39 is 5.95 Å². The van der Waals surface area contributed by atoms with Crippen LogP contribution in [0, 0.1) is 12.9 Å². The summed E-state index contributed by atoms with van der Waals surface area (Å²) in [7, 11) is 1.70. The van der Waals surface area contributed by atoms with Gasteiger partial charge >= 0.3 is 0 Å². The number of carbonyl (C=O) groups excluding carboxylic acids is 1. The van der Waals surface area contributed by atoms with Crippen molar-refractivity contribution in [3.05, 3.63) is 39.9 Å². The Bertz CT molecular complexity index is 735. The van der Waals surface area contributed by atoms with E-state index >= 15 is 0 Å². The number of hydrogen-bond donors (Lipinski definition) is 1. The highest BCUT2D eigenvalue weighted by molar-refractivity contribution is 9.10. The van der Waals surface area contributed by atoms with E-state index in [0.29, 0.717) is 32.9 Å². The first-order valence-electron chi connectivity index (χ1n) is 5.85. The zero-order valence-electron chi connectivity index (χ0n) is 10.7. The Hall–Kier alpha value is -2.02. The molecule has 0 radical (unpaired) electrons. The van der Waals surface area contributed by atoms with Crippen molar-refractivity contribution in [3.8, 4) is 0 Å². The maximum absolute atomic E-state index is 13.5. The Kier molecular flexibility index (Phi) is 2.93. The number of fused-ring (bicyclic) bond motifs is 2. The molecule has 3 heterocycles. The van der Waals surface area contributed by atoms with Crippen LogP contribution < -0.4 is 10.2 Å². The summed E-state index contributed by atoms with van der Waals surface area (Å²) < 4.78 is 14.2. The summed E-state index contributed by atoms with van der Waals surface area (Å²) in [6.45, 7) is 1.72. The van der Waals surface area contributed by atoms with Gasteiger partial charge in [-0.25, -0.2) is 4.98 Å². The monoisotopic (exact) mass is 336 g/mol. The fourth-order valence-corrected chi connectivity index (χ4v) is 2.49. The number of nitrogens with one attached hydrogen (secondary N) is 1. The van der Waals surface area contributed by atoms with Crippen LogP contribution in [-0.4, -0.2) is 22.9 Å². The highest BCUT2D eigenvalue weighted by Gasteiger charge is 2.27. The number of carbonyl (C=O) groups is 1. The molecule has 0 saturated heterocycles. The molecule has 0 aliphatic carbocycles. The van der Waals surface area contributed by atoms with Crippen molar-refractivity contribution in [2.75, 3.05) is 17.3 Å². The molecule has 2 aromatic rings. The first kappa shape index (κ1) is 13.0. The summed E-state index contributed by atoms with van der Waals surface area (Å²) >= 11 is 3.29. The molecular weight excluding hydrogens is 327 g/mol. The number of anilines is 3. The number of aryl methyl sites for hydroxylation is 1. The molecule has 0 spiro atoms. The van der Waals surface area contributed by atoms with Crippen LogP contribution in [0.25, 0.3) is 0 Å². The van der Waals surface area contributed by atoms with E-state index in [9.17, 15) is 9.18 Å². The van der Waals surface area contributed by atoms with Gasteiger partial charge in [0.2, 0.25) is 5.95 Å². The van der Waals surface area contributed by atoms with Crippen LogP contribution in [-0.2, 0) is 0 Å². The smallest absolute Gasteiger partial charge is 0.259 e. The fourth-order valence-electron chi connectivity index (χ4n) is 2.16. The van der Waals surface area contributed by atoms with Gasteiger partial charge in [-0.3, -0.25) is 4.79 Å². The van der Waals surface area contributed by atoms with Crippen LogP contribution in [0.3, 0.4) is 0 Å². The van der Waals surface area contributed by atoms with E-state index in [2.05, 4.69) is 31.2 Å². The second kappa shape index (κ2) is 4.52. The second-order valence-electron chi connectivity index (χ2n) is 4.50. The van der Waals surface area contributed by atoms with Gasteiger partial charge in [-0.15, -0.1) is 0 Å². The van der Waals surface area contributed by atoms with Gasteiger partial charge in [0.1, 0.15) is 5.82 Å². The molecule has 0 saturated carbocycles. The van der Waals surface area contributed by atoms with E-state index in [1.165, 1.54) is 6.07 Å². The van der Waals surface area contributed by atoms with Crippen molar-refractivity contribution in [3.63, 3.8) is 0 Å². The summed E-state index contributed by atoms with van der Waals surface area (Å²) in [5, 5.41) is 2.76. The van der Waals surface area contributed by atoms with E-state index in [1.807, 2.05) is 0 Å². The van der Waals surface area contributed by atoms with E-state index in [4.69, 9.17) is 0 Å². The minimum absolute atomic E-state index is 0.295. The standard InChI is InChI=1S/C13H10BrFN4O/c1-6-3-9(15)17-12-10(6)18-13(20)8-4-7(14)5-16-11(8)19(12)2/h3-5H,1-2H3,(H,18,20). The van der Waals surface area contributed by atoms with Gasteiger partial charge in [0.25, 0.3) is 5.91 Å². The highest BCUT2D eigenvalue weighted by Crippen LogP contribution is 2.36. The third-order valence-corrected chi connectivity index (χ3v) is 3.55. The zero-order valence-corrected chi connectivity index (χ0v) is 12.3. The summed E-state index contributed by atoms with van der Waals surface area (Å²) in [4.78, 5) is 22.0. The highest BCUT2D eigenvalue weighted by atomic mass is 79.9. The number of aromatic nitrogens is 2.